The number of para-hydroxylation sites is 1. The highest BCUT2D eigenvalue weighted by Gasteiger charge is 2.10. The molecule has 0 spiro atoms. The number of benzene rings is 2. The highest BCUT2D eigenvalue weighted by molar-refractivity contribution is 9.10. The van der Waals surface area contributed by atoms with Crippen LogP contribution in [0.2, 0.25) is 5.02 Å². The van der Waals surface area contributed by atoms with Gasteiger partial charge in [-0.3, -0.25) is 4.79 Å². The highest BCUT2D eigenvalue weighted by atomic mass is 79.9. The first-order valence-electron chi connectivity index (χ1n) is 6.30. The number of halogens is 2. The van der Waals surface area contributed by atoms with Gasteiger partial charge in [-0.1, -0.05) is 52.7 Å². The van der Waals surface area contributed by atoms with Crippen molar-refractivity contribution in [3.63, 3.8) is 0 Å². The summed E-state index contributed by atoms with van der Waals surface area (Å²) < 4.78 is 6.67. The Morgan fingerprint density at radius 3 is 2.70 bits per heavy atom. The Hall–Kier alpha value is -1.32. The van der Waals surface area contributed by atoms with E-state index >= 15 is 0 Å². The molecule has 2 aromatic rings. The first-order valence-corrected chi connectivity index (χ1v) is 7.48. The quantitative estimate of drug-likeness (QED) is 0.684. The Morgan fingerprint density at radius 1 is 1.25 bits per heavy atom. The molecule has 0 amide bonds. The second kappa shape index (κ2) is 6.91. The maximum absolute atomic E-state index is 11.8. The van der Waals surface area contributed by atoms with Gasteiger partial charge in [-0.15, -0.1) is 0 Å². The van der Waals surface area contributed by atoms with Crippen molar-refractivity contribution in [3.05, 3.63) is 63.1 Å². The molecule has 104 valence electrons. The van der Waals surface area contributed by atoms with E-state index in [1.807, 2.05) is 37.3 Å². The van der Waals surface area contributed by atoms with Crippen molar-refractivity contribution in [1.82, 2.24) is 0 Å². The van der Waals surface area contributed by atoms with E-state index in [9.17, 15) is 4.79 Å². The van der Waals surface area contributed by atoms with Crippen molar-refractivity contribution in [2.24, 2.45) is 0 Å². The molecule has 0 unspecified atom stereocenters. The Morgan fingerprint density at radius 2 is 2.00 bits per heavy atom. The maximum atomic E-state index is 11.8. The fourth-order valence-electron chi connectivity index (χ4n) is 1.81. The summed E-state index contributed by atoms with van der Waals surface area (Å²) in [6.07, 6.45) is 0.458. The monoisotopic (exact) mass is 352 g/mol. The van der Waals surface area contributed by atoms with Crippen molar-refractivity contribution in [2.45, 2.75) is 20.0 Å². The first-order chi connectivity index (χ1) is 9.61. The third-order valence-corrected chi connectivity index (χ3v) is 3.75. The summed E-state index contributed by atoms with van der Waals surface area (Å²) in [5.74, 6) is 0.667. The van der Waals surface area contributed by atoms with Gasteiger partial charge >= 0.3 is 0 Å². The van der Waals surface area contributed by atoms with Gasteiger partial charge in [-0.25, -0.2) is 0 Å². The van der Waals surface area contributed by atoms with Crippen LogP contribution in [0.25, 0.3) is 0 Å². The van der Waals surface area contributed by atoms with Crippen LogP contribution in [0, 0.1) is 0 Å². The van der Waals surface area contributed by atoms with Gasteiger partial charge in [0.15, 0.2) is 5.78 Å². The molecular formula is C16H14BrClO2. The van der Waals surface area contributed by atoms with E-state index in [1.165, 1.54) is 0 Å². The van der Waals surface area contributed by atoms with E-state index < -0.39 is 0 Å². The third kappa shape index (κ3) is 3.62. The van der Waals surface area contributed by atoms with Gasteiger partial charge in [0.05, 0.1) is 5.56 Å². The standard InChI is InChI=1S/C16H14BrClO2/c1-2-15(19)13-5-3-4-6-16(13)20-10-11-7-8-12(17)9-14(11)18/h3-9H,2,10H2,1H3. The molecule has 0 saturated carbocycles. The molecule has 0 aromatic heterocycles. The van der Waals surface area contributed by atoms with E-state index in [0.29, 0.717) is 29.4 Å². The van der Waals surface area contributed by atoms with Crippen LogP contribution in [0.3, 0.4) is 0 Å². The fourth-order valence-corrected chi connectivity index (χ4v) is 2.54. The number of carbonyl (C=O) groups is 1. The summed E-state index contributed by atoms with van der Waals surface area (Å²) in [4.78, 5) is 11.8. The summed E-state index contributed by atoms with van der Waals surface area (Å²) in [5, 5.41) is 0.638. The highest BCUT2D eigenvalue weighted by Crippen LogP contribution is 2.25. The second-order valence-electron chi connectivity index (χ2n) is 4.30. The smallest absolute Gasteiger partial charge is 0.166 e. The molecule has 20 heavy (non-hydrogen) atoms. The number of ether oxygens (including phenoxy) is 1. The van der Waals surface area contributed by atoms with Crippen LogP contribution < -0.4 is 4.74 Å². The van der Waals surface area contributed by atoms with Crippen LogP contribution in [-0.2, 0) is 6.61 Å². The molecular weight excluding hydrogens is 340 g/mol. The van der Waals surface area contributed by atoms with Gasteiger partial charge in [0.2, 0.25) is 0 Å². The van der Waals surface area contributed by atoms with Gasteiger partial charge in [0.1, 0.15) is 12.4 Å². The second-order valence-corrected chi connectivity index (χ2v) is 5.62. The molecule has 2 aromatic carbocycles. The number of carbonyl (C=O) groups excluding carboxylic acids is 1. The minimum atomic E-state index is 0.0718. The Balaban J connectivity index is 2.17. The van der Waals surface area contributed by atoms with Crippen molar-refractivity contribution in [2.75, 3.05) is 0 Å². The molecule has 0 aliphatic rings. The van der Waals surface area contributed by atoms with Gasteiger partial charge in [0, 0.05) is 21.5 Å². The zero-order valence-electron chi connectivity index (χ0n) is 11.0. The zero-order chi connectivity index (χ0) is 14.5. The minimum absolute atomic E-state index is 0.0718. The number of ketones is 1. The van der Waals surface area contributed by atoms with Crippen molar-refractivity contribution in [3.8, 4) is 5.75 Å². The largest absolute Gasteiger partial charge is 0.488 e. The van der Waals surface area contributed by atoms with Crippen LogP contribution >= 0.6 is 27.5 Å². The molecule has 0 radical (unpaired) electrons. The van der Waals surface area contributed by atoms with Crippen LogP contribution in [0.4, 0.5) is 0 Å². The summed E-state index contributed by atoms with van der Waals surface area (Å²) in [7, 11) is 0. The minimum Gasteiger partial charge on any atom is -0.488 e. The number of hydrogen-bond acceptors (Lipinski definition) is 2. The topological polar surface area (TPSA) is 26.3 Å². The predicted octanol–water partition coefficient (Wildman–Crippen LogP) is 5.27. The van der Waals surface area contributed by atoms with E-state index in [-0.39, 0.29) is 5.78 Å². The van der Waals surface area contributed by atoms with E-state index in [2.05, 4.69) is 15.9 Å². The SMILES string of the molecule is CCC(=O)c1ccccc1OCc1ccc(Br)cc1Cl. The Labute approximate surface area is 131 Å². The van der Waals surface area contributed by atoms with E-state index in [4.69, 9.17) is 16.3 Å². The summed E-state index contributed by atoms with van der Waals surface area (Å²) in [6.45, 7) is 2.17. The fraction of sp³-hybridized carbons (Fsp3) is 0.188. The van der Waals surface area contributed by atoms with Crippen molar-refractivity contribution in [1.29, 1.82) is 0 Å². The van der Waals surface area contributed by atoms with Crippen molar-refractivity contribution >= 4 is 33.3 Å². The predicted molar refractivity (Wildman–Crippen MR) is 84.5 cm³/mol. The number of rotatable bonds is 5. The lowest BCUT2D eigenvalue weighted by Crippen LogP contribution is -2.03. The molecule has 0 N–H and O–H groups in total. The van der Waals surface area contributed by atoms with Gasteiger partial charge in [0.25, 0.3) is 0 Å². The molecule has 2 rings (SSSR count). The molecule has 0 bridgehead atoms. The molecule has 0 fully saturated rings. The first kappa shape index (κ1) is 15.1. The Bertz CT molecular complexity index is 626. The summed E-state index contributed by atoms with van der Waals surface area (Å²) in [6, 6.07) is 12.9. The average molecular weight is 354 g/mol. The maximum Gasteiger partial charge on any atom is 0.166 e. The van der Waals surface area contributed by atoms with Crippen molar-refractivity contribution < 1.29 is 9.53 Å². The molecule has 0 atom stereocenters. The lowest BCUT2D eigenvalue weighted by molar-refractivity contribution is 0.0983. The molecule has 0 aliphatic carbocycles. The summed E-state index contributed by atoms with van der Waals surface area (Å²) >= 11 is 9.51. The molecule has 0 aliphatic heterocycles. The normalized spacial score (nSPS) is 10.3. The van der Waals surface area contributed by atoms with E-state index in [0.717, 1.165) is 10.0 Å². The lowest BCUT2D eigenvalue weighted by atomic mass is 10.1. The summed E-state index contributed by atoms with van der Waals surface area (Å²) in [5.41, 5.74) is 1.50. The molecule has 0 heterocycles. The van der Waals surface area contributed by atoms with Crippen LogP contribution in [0.15, 0.2) is 46.9 Å². The zero-order valence-corrected chi connectivity index (χ0v) is 13.4. The van der Waals surface area contributed by atoms with Gasteiger partial charge in [-0.2, -0.15) is 0 Å². The average Bonchev–Trinajstić information content (AvgIpc) is 2.46. The third-order valence-electron chi connectivity index (χ3n) is 2.91. The number of Topliss-reactive ketones (excluding diaryl/α,β-unsaturated/α-hetero) is 1. The van der Waals surface area contributed by atoms with Gasteiger partial charge < -0.3 is 4.74 Å². The van der Waals surface area contributed by atoms with Crippen LogP contribution in [0.5, 0.6) is 5.75 Å². The molecule has 0 saturated heterocycles. The van der Waals surface area contributed by atoms with Gasteiger partial charge in [-0.05, 0) is 24.3 Å². The molecule has 4 heteroatoms. The Kier molecular flexibility index (Phi) is 5.21. The number of hydrogen-bond donors (Lipinski definition) is 0. The molecule has 2 nitrogen and oxygen atoms in total. The lowest BCUT2D eigenvalue weighted by Gasteiger charge is -2.11. The van der Waals surface area contributed by atoms with Crippen LogP contribution in [-0.4, -0.2) is 5.78 Å². The van der Waals surface area contributed by atoms with Crippen LogP contribution in [0.1, 0.15) is 29.3 Å². The van der Waals surface area contributed by atoms with E-state index in [1.54, 1.807) is 12.1 Å².